The Morgan fingerprint density at radius 3 is 1.62 bits per heavy atom. The van der Waals surface area contributed by atoms with E-state index in [9.17, 15) is 24.6 Å². The first-order chi connectivity index (χ1) is 19.0. The van der Waals surface area contributed by atoms with Crippen LogP contribution in [0.1, 0.15) is 31.1 Å². The van der Waals surface area contributed by atoms with Gasteiger partial charge in [-0.15, -0.1) is 0 Å². The van der Waals surface area contributed by atoms with E-state index in [1.165, 1.54) is 12.1 Å². The molecule has 4 rings (SSSR count). The number of carbonyl (C=O) groups excluding carboxylic acids is 3. The topological polar surface area (TPSA) is 138 Å². The number of aliphatic hydroxyl groups excluding tert-OH is 2. The molecule has 0 aromatic heterocycles. The normalized spacial score (nSPS) is 22.5. The molecule has 0 unspecified atom stereocenters. The van der Waals surface area contributed by atoms with Crippen LogP contribution in [0.15, 0.2) is 91.0 Å². The molecule has 10 heteroatoms. The van der Waals surface area contributed by atoms with Crippen LogP contribution in [-0.4, -0.2) is 78.6 Å². The summed E-state index contributed by atoms with van der Waals surface area (Å²) in [5.41, 5.74) is 0.721. The molecule has 204 valence electrons. The van der Waals surface area contributed by atoms with E-state index in [-0.39, 0.29) is 23.3 Å². The Morgan fingerprint density at radius 1 is 0.667 bits per heavy atom. The molecule has 1 heterocycles. The molecule has 10 nitrogen and oxygen atoms in total. The molecule has 1 aliphatic rings. The molecule has 2 N–H and O–H groups in total. The fourth-order valence-corrected chi connectivity index (χ4v) is 4.02. The summed E-state index contributed by atoms with van der Waals surface area (Å²) in [7, 11) is 0. The Morgan fingerprint density at radius 2 is 1.13 bits per heavy atom. The van der Waals surface area contributed by atoms with Crippen LogP contribution in [0, 0.1) is 0 Å². The third kappa shape index (κ3) is 7.27. The maximum absolute atomic E-state index is 13.0. The highest BCUT2D eigenvalue weighted by Crippen LogP contribution is 2.29. The predicted molar refractivity (Wildman–Crippen MR) is 136 cm³/mol. The molecular formula is C29H28O10. The van der Waals surface area contributed by atoms with Crippen LogP contribution in [-0.2, 0) is 23.7 Å². The van der Waals surface area contributed by atoms with E-state index in [1.54, 1.807) is 78.9 Å². The molecule has 1 aliphatic heterocycles. The number of ether oxygens (including phenoxy) is 5. The van der Waals surface area contributed by atoms with Crippen molar-refractivity contribution in [2.45, 2.75) is 30.7 Å². The lowest BCUT2D eigenvalue weighted by Crippen LogP contribution is -2.62. The van der Waals surface area contributed by atoms with Gasteiger partial charge >= 0.3 is 17.9 Å². The third-order valence-corrected chi connectivity index (χ3v) is 5.90. The van der Waals surface area contributed by atoms with Gasteiger partial charge in [0.1, 0.15) is 18.8 Å². The molecule has 0 bridgehead atoms. The van der Waals surface area contributed by atoms with Crippen molar-refractivity contribution in [2.75, 3.05) is 19.8 Å². The van der Waals surface area contributed by atoms with Gasteiger partial charge in [-0.3, -0.25) is 0 Å². The van der Waals surface area contributed by atoms with E-state index >= 15 is 0 Å². The van der Waals surface area contributed by atoms with Gasteiger partial charge < -0.3 is 33.9 Å². The van der Waals surface area contributed by atoms with Crippen molar-refractivity contribution in [2.24, 2.45) is 0 Å². The molecule has 3 aromatic rings. The monoisotopic (exact) mass is 536 g/mol. The molecule has 0 radical (unpaired) electrons. The summed E-state index contributed by atoms with van der Waals surface area (Å²) in [6.07, 6.45) is -6.95. The zero-order valence-electron chi connectivity index (χ0n) is 20.8. The van der Waals surface area contributed by atoms with Crippen LogP contribution in [0.2, 0.25) is 0 Å². The van der Waals surface area contributed by atoms with Crippen molar-refractivity contribution < 1.29 is 48.3 Å². The van der Waals surface area contributed by atoms with Crippen molar-refractivity contribution >= 4 is 17.9 Å². The van der Waals surface area contributed by atoms with Crippen molar-refractivity contribution in [3.05, 3.63) is 108 Å². The molecule has 0 aliphatic carbocycles. The van der Waals surface area contributed by atoms with E-state index in [4.69, 9.17) is 23.7 Å². The summed E-state index contributed by atoms with van der Waals surface area (Å²) in [4.78, 5) is 38.4. The van der Waals surface area contributed by atoms with Gasteiger partial charge in [0.05, 0.1) is 29.9 Å². The standard InChI is InChI=1S/C29H28O10/c30-16-17-35-24-23(38-27(32)20-12-6-2-7-13-20)22(18-36-26(31)19-10-4-1-5-11-19)37-29(34)25(24)39-28(33)21-14-8-3-9-15-21/h1-15,22-25,29-30,34H,16-18H2/t22-,23+,24+,25-,29+/m1/s1. The highest BCUT2D eigenvalue weighted by molar-refractivity contribution is 5.90. The van der Waals surface area contributed by atoms with E-state index in [1.807, 2.05) is 0 Å². The summed E-state index contributed by atoms with van der Waals surface area (Å²) in [6.45, 7) is -1.05. The van der Waals surface area contributed by atoms with Crippen LogP contribution in [0.25, 0.3) is 0 Å². The SMILES string of the molecule is O=C(OC[C@H]1O[C@H](O)[C@H](OC(=O)c2ccccc2)[C@@H](OCCO)[C@H]1OC(=O)c1ccccc1)c1ccccc1. The number of rotatable bonds is 10. The number of hydrogen-bond donors (Lipinski definition) is 2. The molecule has 0 spiro atoms. The highest BCUT2D eigenvalue weighted by Gasteiger charge is 2.51. The number of hydrogen-bond acceptors (Lipinski definition) is 10. The van der Waals surface area contributed by atoms with Crippen LogP contribution >= 0.6 is 0 Å². The second kappa shape index (κ2) is 13.6. The van der Waals surface area contributed by atoms with Gasteiger partial charge in [-0.1, -0.05) is 54.6 Å². The second-order valence-corrected chi connectivity index (χ2v) is 8.56. The van der Waals surface area contributed by atoms with Gasteiger partial charge in [-0.05, 0) is 36.4 Å². The van der Waals surface area contributed by atoms with E-state index in [2.05, 4.69) is 0 Å². The van der Waals surface area contributed by atoms with Crippen molar-refractivity contribution in [3.63, 3.8) is 0 Å². The first-order valence-electron chi connectivity index (χ1n) is 12.3. The molecule has 5 atom stereocenters. The van der Waals surface area contributed by atoms with Gasteiger partial charge in [0, 0.05) is 0 Å². The zero-order valence-corrected chi connectivity index (χ0v) is 20.8. The van der Waals surface area contributed by atoms with Crippen LogP contribution < -0.4 is 0 Å². The maximum atomic E-state index is 13.0. The van der Waals surface area contributed by atoms with Gasteiger partial charge in [-0.25, -0.2) is 14.4 Å². The largest absolute Gasteiger partial charge is 0.459 e. The molecule has 3 aromatic carbocycles. The lowest BCUT2D eigenvalue weighted by molar-refractivity contribution is -0.293. The van der Waals surface area contributed by atoms with E-state index in [0.29, 0.717) is 0 Å². The van der Waals surface area contributed by atoms with Crippen molar-refractivity contribution in [1.29, 1.82) is 0 Å². The fraction of sp³-hybridized carbons (Fsp3) is 0.276. The Labute approximate surface area is 224 Å². The highest BCUT2D eigenvalue weighted by atomic mass is 16.7. The summed E-state index contributed by atoms with van der Waals surface area (Å²) in [6, 6.07) is 24.4. The minimum absolute atomic E-state index is 0.211. The average molecular weight is 537 g/mol. The molecule has 1 saturated heterocycles. The molecule has 0 amide bonds. The molecular weight excluding hydrogens is 508 g/mol. The maximum Gasteiger partial charge on any atom is 0.338 e. The molecule has 1 fully saturated rings. The molecule has 0 saturated carbocycles. The van der Waals surface area contributed by atoms with Gasteiger partial charge in [0.2, 0.25) is 0 Å². The lowest BCUT2D eigenvalue weighted by atomic mass is 9.98. The zero-order chi connectivity index (χ0) is 27.6. The third-order valence-electron chi connectivity index (χ3n) is 5.90. The predicted octanol–water partition coefficient (Wildman–Crippen LogP) is 2.39. The number of benzene rings is 3. The van der Waals surface area contributed by atoms with E-state index < -0.39 is 61.8 Å². The first-order valence-corrected chi connectivity index (χ1v) is 12.3. The Kier molecular flexibility index (Phi) is 9.76. The second-order valence-electron chi connectivity index (χ2n) is 8.56. The van der Waals surface area contributed by atoms with E-state index in [0.717, 1.165) is 0 Å². The van der Waals surface area contributed by atoms with Crippen LogP contribution in [0.5, 0.6) is 0 Å². The number of esters is 3. The minimum Gasteiger partial charge on any atom is -0.459 e. The van der Waals surface area contributed by atoms with Crippen molar-refractivity contribution in [1.82, 2.24) is 0 Å². The quantitative estimate of drug-likeness (QED) is 0.293. The Balaban J connectivity index is 1.59. The number of aliphatic hydroxyl groups is 2. The summed E-state index contributed by atoms with van der Waals surface area (Å²) < 4.78 is 28.1. The summed E-state index contributed by atoms with van der Waals surface area (Å²) in [5, 5.41) is 20.3. The van der Waals surface area contributed by atoms with Crippen molar-refractivity contribution in [3.8, 4) is 0 Å². The lowest BCUT2D eigenvalue weighted by Gasteiger charge is -2.43. The smallest absolute Gasteiger partial charge is 0.338 e. The Bertz CT molecular complexity index is 1220. The van der Waals surface area contributed by atoms with Gasteiger partial charge in [0.25, 0.3) is 0 Å². The summed E-state index contributed by atoms with van der Waals surface area (Å²) >= 11 is 0. The van der Waals surface area contributed by atoms with Gasteiger partial charge in [-0.2, -0.15) is 0 Å². The fourth-order valence-electron chi connectivity index (χ4n) is 4.02. The first kappa shape index (κ1) is 27.9. The average Bonchev–Trinajstić information content (AvgIpc) is 2.98. The van der Waals surface area contributed by atoms with Crippen LogP contribution in [0.3, 0.4) is 0 Å². The summed E-state index contributed by atoms with van der Waals surface area (Å²) in [5.74, 6) is -2.18. The Hall–Kier alpha value is -4.09. The van der Waals surface area contributed by atoms with Crippen LogP contribution in [0.4, 0.5) is 0 Å². The minimum atomic E-state index is -1.73. The number of carbonyl (C=O) groups is 3. The molecule has 39 heavy (non-hydrogen) atoms. The van der Waals surface area contributed by atoms with Gasteiger partial charge in [0.15, 0.2) is 18.5 Å².